The Morgan fingerprint density at radius 1 is 0.932 bits per heavy atom. The topological polar surface area (TPSA) is 177 Å². The van der Waals surface area contributed by atoms with Crippen LogP contribution in [0.25, 0.3) is 0 Å². The number of likely N-dealkylation sites (tertiary alicyclic amines) is 1. The van der Waals surface area contributed by atoms with E-state index in [1.165, 1.54) is 0 Å². The number of hydrogen-bond donors (Lipinski definition) is 3. The molecule has 10 atom stereocenters. The summed E-state index contributed by atoms with van der Waals surface area (Å²) in [6.07, 6.45) is 3.40. The maximum atomic E-state index is 14.4. The van der Waals surface area contributed by atoms with Crippen LogP contribution in [0.3, 0.4) is 0 Å². The van der Waals surface area contributed by atoms with E-state index in [0.717, 1.165) is 18.4 Å². The second-order valence-electron chi connectivity index (χ2n) is 17.5. The van der Waals surface area contributed by atoms with E-state index < -0.39 is 36.3 Å². The zero-order chi connectivity index (χ0) is 44.1. The van der Waals surface area contributed by atoms with Crippen molar-refractivity contribution in [3.05, 3.63) is 47.8 Å². The largest absolute Gasteiger partial charge is 0.379 e. The van der Waals surface area contributed by atoms with Crippen molar-refractivity contribution < 1.29 is 28.7 Å². The fraction of sp³-hybridized carbons (Fsp3) is 0.727. The van der Waals surface area contributed by atoms with Crippen molar-refractivity contribution in [3.8, 4) is 0 Å². The smallest absolute Gasteiger partial charge is 0.245 e. The minimum atomic E-state index is -0.762. The van der Waals surface area contributed by atoms with E-state index in [1.807, 2.05) is 95.8 Å². The van der Waals surface area contributed by atoms with Gasteiger partial charge in [-0.15, -0.1) is 5.10 Å². The molecule has 0 bridgehead atoms. The third-order valence-electron chi connectivity index (χ3n) is 12.0. The summed E-state index contributed by atoms with van der Waals surface area (Å²) in [7, 11) is 8.63. The highest BCUT2D eigenvalue weighted by molar-refractivity contribution is 5.90. The highest BCUT2D eigenvalue weighted by Crippen LogP contribution is 2.30. The van der Waals surface area contributed by atoms with Gasteiger partial charge in [0.25, 0.3) is 0 Å². The van der Waals surface area contributed by atoms with Crippen molar-refractivity contribution in [2.24, 2.45) is 29.4 Å². The van der Waals surface area contributed by atoms with E-state index >= 15 is 0 Å². The first kappa shape index (κ1) is 49.4. The Morgan fingerprint density at radius 3 is 2.12 bits per heavy atom. The molecule has 1 aromatic heterocycles. The Bertz CT molecular complexity index is 1610. The first-order valence-corrected chi connectivity index (χ1v) is 21.4. The number of aromatic nitrogens is 3. The second kappa shape index (κ2) is 23.2. The third-order valence-corrected chi connectivity index (χ3v) is 12.0. The first-order chi connectivity index (χ1) is 27.9. The molecule has 2 heterocycles. The SMILES string of the molecule is CC[C@H](C)[C@@H](C(CC(=O)N1CCC[C@H]1[C@@H](OC)C(C)C(=O)N[C@H](Cc1ccccc1)Cn1cc([C@H](C)N)nn1)OC)N(C)C(=O)[C@@H](NC(=O)[C@H](C(C)C)N(C)C)C(C)C. The van der Waals surface area contributed by atoms with Gasteiger partial charge >= 0.3 is 0 Å². The molecule has 1 aromatic carbocycles. The Balaban J connectivity index is 1.80. The molecule has 2 aromatic rings. The van der Waals surface area contributed by atoms with Crippen LogP contribution in [-0.4, -0.2) is 138 Å². The summed E-state index contributed by atoms with van der Waals surface area (Å²) in [5.74, 6) is -1.48. The lowest BCUT2D eigenvalue weighted by Crippen LogP contribution is -2.59. The molecule has 59 heavy (non-hydrogen) atoms. The fourth-order valence-electron chi connectivity index (χ4n) is 8.64. The normalized spacial score (nSPS) is 19.1. The summed E-state index contributed by atoms with van der Waals surface area (Å²) in [6.45, 7) is 16.5. The van der Waals surface area contributed by atoms with Gasteiger partial charge in [0.2, 0.25) is 23.6 Å². The van der Waals surface area contributed by atoms with E-state index in [-0.39, 0.29) is 65.9 Å². The van der Waals surface area contributed by atoms with Gasteiger partial charge in [-0.2, -0.15) is 0 Å². The highest BCUT2D eigenvalue weighted by Gasteiger charge is 2.43. The van der Waals surface area contributed by atoms with Crippen molar-refractivity contribution in [1.82, 2.24) is 40.3 Å². The summed E-state index contributed by atoms with van der Waals surface area (Å²) in [4.78, 5) is 61.6. The van der Waals surface area contributed by atoms with Gasteiger partial charge in [-0.25, -0.2) is 0 Å². The molecular weight excluding hydrogens is 751 g/mol. The van der Waals surface area contributed by atoms with Crippen molar-refractivity contribution in [2.45, 2.75) is 142 Å². The molecule has 2 unspecified atom stereocenters. The van der Waals surface area contributed by atoms with Gasteiger partial charge < -0.3 is 35.6 Å². The molecule has 1 aliphatic heterocycles. The van der Waals surface area contributed by atoms with Gasteiger partial charge in [0.1, 0.15) is 6.04 Å². The van der Waals surface area contributed by atoms with Crippen molar-refractivity contribution >= 4 is 23.6 Å². The standard InChI is InChI=1S/C44H75N9O6/c1-14-29(6)40(51(11)44(57)38(27(2)3)47-43(56)39(28(4)5)50(9)10)36(58-12)24-37(54)53-22-18-21-35(53)41(59-13)30(7)42(55)46-33(23-32-19-16-15-17-20-32)25-52-26-34(31(8)45)48-49-52/h15-17,19-20,26-31,33,35-36,38-41H,14,18,21-25,45H2,1-13H3,(H,46,55)(H,47,56)/t29-,30?,31-,33+,35-,36?,38-,39-,40-,41-/m0/s1. The number of rotatable bonds is 23. The van der Waals surface area contributed by atoms with Gasteiger partial charge in [0.15, 0.2) is 0 Å². The monoisotopic (exact) mass is 826 g/mol. The zero-order valence-electron chi connectivity index (χ0n) is 38.1. The maximum Gasteiger partial charge on any atom is 0.245 e. The molecule has 332 valence electrons. The molecule has 4 N–H and O–H groups in total. The Morgan fingerprint density at radius 2 is 1.59 bits per heavy atom. The molecule has 1 saturated heterocycles. The number of likely N-dealkylation sites (N-methyl/N-ethyl adjacent to an activating group) is 2. The average Bonchev–Trinajstić information content (AvgIpc) is 3.87. The number of amides is 4. The van der Waals surface area contributed by atoms with Gasteiger partial charge in [0, 0.05) is 33.9 Å². The van der Waals surface area contributed by atoms with Crippen molar-refractivity contribution in [1.29, 1.82) is 0 Å². The minimum absolute atomic E-state index is 0.0214. The summed E-state index contributed by atoms with van der Waals surface area (Å²) < 4.78 is 13.8. The quantitative estimate of drug-likeness (QED) is 0.150. The van der Waals surface area contributed by atoms with Crippen LogP contribution in [0.1, 0.15) is 98.4 Å². The zero-order valence-corrected chi connectivity index (χ0v) is 38.1. The summed E-state index contributed by atoms with van der Waals surface area (Å²) >= 11 is 0. The van der Waals surface area contributed by atoms with E-state index in [0.29, 0.717) is 31.6 Å². The van der Waals surface area contributed by atoms with E-state index in [2.05, 4.69) is 34.8 Å². The van der Waals surface area contributed by atoms with Gasteiger partial charge in [-0.3, -0.25) is 28.8 Å². The van der Waals surface area contributed by atoms with Gasteiger partial charge in [-0.1, -0.05) is 90.4 Å². The number of ether oxygens (including phenoxy) is 2. The molecular formula is C44H75N9O6. The van der Waals surface area contributed by atoms with Crippen LogP contribution >= 0.6 is 0 Å². The van der Waals surface area contributed by atoms with E-state index in [9.17, 15) is 19.2 Å². The Labute approximate surface area is 353 Å². The molecule has 0 saturated carbocycles. The van der Waals surface area contributed by atoms with Gasteiger partial charge in [-0.05, 0) is 63.6 Å². The number of carbonyl (C=O) groups excluding carboxylic acids is 4. The van der Waals surface area contributed by atoms with Gasteiger partial charge in [0.05, 0.1) is 67.1 Å². The van der Waals surface area contributed by atoms with Crippen LogP contribution in [0.2, 0.25) is 0 Å². The molecule has 1 aliphatic rings. The number of benzene rings is 1. The number of nitrogens with one attached hydrogen (secondary N) is 2. The van der Waals surface area contributed by atoms with Crippen LogP contribution in [0, 0.1) is 23.7 Å². The number of carbonyl (C=O) groups is 4. The molecule has 4 amide bonds. The lowest BCUT2D eigenvalue weighted by Gasteiger charge is -2.41. The summed E-state index contributed by atoms with van der Waals surface area (Å²) in [5.41, 5.74) is 7.77. The van der Waals surface area contributed by atoms with Crippen LogP contribution in [0.5, 0.6) is 0 Å². The molecule has 15 nitrogen and oxygen atoms in total. The minimum Gasteiger partial charge on any atom is -0.379 e. The van der Waals surface area contributed by atoms with Crippen LogP contribution < -0.4 is 16.4 Å². The van der Waals surface area contributed by atoms with Crippen LogP contribution in [0.15, 0.2) is 36.5 Å². The number of nitrogens with zero attached hydrogens (tertiary/aromatic N) is 6. The molecule has 15 heteroatoms. The van der Waals surface area contributed by atoms with Crippen molar-refractivity contribution in [3.63, 3.8) is 0 Å². The summed E-state index contributed by atoms with van der Waals surface area (Å²) in [6, 6.07) is 7.44. The number of methoxy groups -OCH3 is 2. The van der Waals surface area contributed by atoms with E-state index in [4.69, 9.17) is 15.2 Å². The van der Waals surface area contributed by atoms with Crippen LogP contribution in [-0.2, 0) is 41.6 Å². The second-order valence-corrected chi connectivity index (χ2v) is 17.5. The average molecular weight is 826 g/mol. The van der Waals surface area contributed by atoms with Crippen LogP contribution in [0.4, 0.5) is 0 Å². The first-order valence-electron chi connectivity index (χ1n) is 21.4. The Hall–Kier alpha value is -3.92. The molecule has 3 rings (SSSR count). The van der Waals surface area contributed by atoms with E-state index in [1.54, 1.807) is 37.0 Å². The third kappa shape index (κ3) is 13.3. The highest BCUT2D eigenvalue weighted by atomic mass is 16.5. The maximum absolute atomic E-state index is 14.4. The number of nitrogens with two attached hydrogens (primary N) is 1. The Kier molecular flexibility index (Phi) is 19.4. The number of hydrogen-bond acceptors (Lipinski definition) is 10. The lowest BCUT2D eigenvalue weighted by molar-refractivity contribution is -0.148. The fourth-order valence-corrected chi connectivity index (χ4v) is 8.64. The predicted molar refractivity (Wildman–Crippen MR) is 230 cm³/mol. The summed E-state index contributed by atoms with van der Waals surface area (Å²) in [5, 5.41) is 14.8. The molecule has 0 aliphatic carbocycles. The van der Waals surface area contributed by atoms with Crippen molar-refractivity contribution in [2.75, 3.05) is 41.9 Å². The molecule has 0 radical (unpaired) electrons. The molecule has 1 fully saturated rings. The lowest BCUT2D eigenvalue weighted by atomic mass is 9.89. The molecule has 0 spiro atoms. The predicted octanol–water partition coefficient (Wildman–Crippen LogP) is 3.67.